The molecule has 0 atom stereocenters. The van der Waals surface area contributed by atoms with E-state index in [1.54, 1.807) is 16.8 Å². The first-order valence-corrected chi connectivity index (χ1v) is 7.61. The van der Waals surface area contributed by atoms with Gasteiger partial charge in [0.2, 0.25) is 5.75 Å². The lowest BCUT2D eigenvalue weighted by Crippen LogP contribution is -2.24. The summed E-state index contributed by atoms with van der Waals surface area (Å²) in [6.45, 7) is 3.88. The van der Waals surface area contributed by atoms with Gasteiger partial charge in [0.1, 0.15) is 6.54 Å². The third-order valence-corrected chi connectivity index (χ3v) is 3.49. The van der Waals surface area contributed by atoms with Gasteiger partial charge in [-0.15, -0.1) is 0 Å². The first-order chi connectivity index (χ1) is 12.0. The molecule has 0 spiro atoms. The van der Waals surface area contributed by atoms with Gasteiger partial charge in [0, 0.05) is 11.3 Å². The van der Waals surface area contributed by atoms with E-state index in [4.69, 9.17) is 14.2 Å². The standard InChI is InChI=1S/C17H22N4O4/c1-11-6-12(2)21(20-11)10-16(22)19-18-9-13-7-14(23-3)17(25-5)15(8-13)24-4/h6-9H,10H2,1-5H3,(H,19,22)/b18-9-. The monoisotopic (exact) mass is 346 g/mol. The summed E-state index contributed by atoms with van der Waals surface area (Å²) in [4.78, 5) is 12.0. The summed E-state index contributed by atoms with van der Waals surface area (Å²) >= 11 is 0. The van der Waals surface area contributed by atoms with Gasteiger partial charge in [-0.25, -0.2) is 5.43 Å². The molecule has 0 saturated heterocycles. The van der Waals surface area contributed by atoms with E-state index in [9.17, 15) is 4.79 Å². The number of hydrazone groups is 1. The predicted octanol–water partition coefficient (Wildman–Crippen LogP) is 1.68. The Hall–Kier alpha value is -3.03. The second-order valence-corrected chi connectivity index (χ2v) is 5.34. The molecule has 8 heteroatoms. The quantitative estimate of drug-likeness (QED) is 0.609. The van der Waals surface area contributed by atoms with Gasteiger partial charge in [0.25, 0.3) is 5.91 Å². The summed E-state index contributed by atoms with van der Waals surface area (Å²) in [5.41, 5.74) is 4.96. The van der Waals surface area contributed by atoms with Crippen molar-refractivity contribution < 1.29 is 19.0 Å². The van der Waals surface area contributed by atoms with Crippen molar-refractivity contribution in [2.45, 2.75) is 20.4 Å². The maximum atomic E-state index is 12.0. The number of carbonyl (C=O) groups excluding carboxylic acids is 1. The van der Waals surface area contributed by atoms with E-state index in [2.05, 4.69) is 15.6 Å². The van der Waals surface area contributed by atoms with E-state index in [-0.39, 0.29) is 12.5 Å². The average Bonchev–Trinajstić information content (AvgIpc) is 2.90. The third-order valence-electron chi connectivity index (χ3n) is 3.49. The normalized spacial score (nSPS) is 10.8. The molecule has 1 amide bonds. The number of nitrogens with zero attached hydrogens (tertiary/aromatic N) is 3. The molecule has 0 unspecified atom stereocenters. The van der Waals surface area contributed by atoms with Crippen LogP contribution >= 0.6 is 0 Å². The van der Waals surface area contributed by atoms with E-state index in [0.717, 1.165) is 11.4 Å². The number of aromatic nitrogens is 2. The van der Waals surface area contributed by atoms with E-state index >= 15 is 0 Å². The molecule has 0 radical (unpaired) electrons. The lowest BCUT2D eigenvalue weighted by Gasteiger charge is -2.12. The zero-order valence-electron chi connectivity index (χ0n) is 15.0. The number of benzene rings is 1. The Balaban J connectivity index is 2.06. The van der Waals surface area contributed by atoms with Crippen LogP contribution in [0.25, 0.3) is 0 Å². The smallest absolute Gasteiger partial charge is 0.261 e. The maximum absolute atomic E-state index is 12.0. The molecule has 1 aromatic carbocycles. The fraction of sp³-hybridized carbons (Fsp3) is 0.353. The third kappa shape index (κ3) is 4.50. The first kappa shape index (κ1) is 18.3. The van der Waals surface area contributed by atoms with Crippen molar-refractivity contribution in [1.29, 1.82) is 0 Å². The molecule has 0 aliphatic carbocycles. The van der Waals surface area contributed by atoms with E-state index < -0.39 is 0 Å². The summed E-state index contributed by atoms with van der Waals surface area (Å²) in [7, 11) is 4.61. The van der Waals surface area contributed by atoms with Gasteiger partial charge >= 0.3 is 0 Å². The molecular weight excluding hydrogens is 324 g/mol. The summed E-state index contributed by atoms with van der Waals surface area (Å²) in [6, 6.07) is 5.38. The van der Waals surface area contributed by atoms with Gasteiger partial charge < -0.3 is 14.2 Å². The van der Waals surface area contributed by atoms with Crippen molar-refractivity contribution in [3.63, 3.8) is 0 Å². The van der Waals surface area contributed by atoms with E-state index in [0.29, 0.717) is 22.8 Å². The Labute approximate surface area is 146 Å². The van der Waals surface area contributed by atoms with Crippen LogP contribution in [0.4, 0.5) is 0 Å². The maximum Gasteiger partial charge on any atom is 0.261 e. The van der Waals surface area contributed by atoms with Crippen molar-refractivity contribution >= 4 is 12.1 Å². The number of aryl methyl sites for hydroxylation is 2. The number of amides is 1. The molecule has 1 N–H and O–H groups in total. The van der Waals surface area contributed by atoms with Gasteiger partial charge in [-0.05, 0) is 32.0 Å². The van der Waals surface area contributed by atoms with Gasteiger partial charge in [-0.3, -0.25) is 9.48 Å². The average molecular weight is 346 g/mol. The zero-order chi connectivity index (χ0) is 18.4. The largest absolute Gasteiger partial charge is 0.493 e. The summed E-state index contributed by atoms with van der Waals surface area (Å²) in [5.74, 6) is 1.25. The molecule has 8 nitrogen and oxygen atoms in total. The van der Waals surface area contributed by atoms with Crippen molar-refractivity contribution in [2.75, 3.05) is 21.3 Å². The number of rotatable bonds is 7. The number of hydrogen-bond acceptors (Lipinski definition) is 6. The van der Waals surface area contributed by atoms with Crippen LogP contribution in [0.2, 0.25) is 0 Å². The van der Waals surface area contributed by atoms with Crippen LogP contribution in [0.1, 0.15) is 17.0 Å². The Morgan fingerprint density at radius 3 is 2.28 bits per heavy atom. The molecule has 0 saturated carbocycles. The number of carbonyl (C=O) groups is 1. The fourth-order valence-corrected chi connectivity index (χ4v) is 2.36. The Kier molecular flexibility index (Phi) is 5.99. The van der Waals surface area contributed by atoms with Crippen molar-refractivity contribution in [1.82, 2.24) is 15.2 Å². The molecule has 2 aromatic rings. The Morgan fingerprint density at radius 1 is 1.16 bits per heavy atom. The second-order valence-electron chi connectivity index (χ2n) is 5.34. The van der Waals surface area contributed by atoms with Crippen molar-refractivity contribution in [2.24, 2.45) is 5.10 Å². The number of hydrogen-bond donors (Lipinski definition) is 1. The highest BCUT2D eigenvalue weighted by atomic mass is 16.5. The lowest BCUT2D eigenvalue weighted by molar-refractivity contribution is -0.121. The van der Waals surface area contributed by atoms with Crippen LogP contribution in [-0.2, 0) is 11.3 Å². The molecule has 1 aromatic heterocycles. The Morgan fingerprint density at radius 2 is 1.80 bits per heavy atom. The van der Waals surface area contributed by atoms with E-state index in [1.807, 2.05) is 19.9 Å². The molecule has 2 rings (SSSR count). The fourth-order valence-electron chi connectivity index (χ4n) is 2.36. The van der Waals surface area contributed by atoms with Gasteiger partial charge in [0.05, 0.1) is 33.2 Å². The van der Waals surface area contributed by atoms with Crippen LogP contribution in [0.5, 0.6) is 17.2 Å². The van der Waals surface area contributed by atoms with Crippen molar-refractivity contribution in [3.8, 4) is 17.2 Å². The van der Waals surface area contributed by atoms with Gasteiger partial charge in [0.15, 0.2) is 11.5 Å². The molecule has 0 aliphatic heterocycles. The molecular formula is C17H22N4O4. The first-order valence-electron chi connectivity index (χ1n) is 7.61. The molecule has 25 heavy (non-hydrogen) atoms. The number of nitrogens with one attached hydrogen (secondary N) is 1. The highest BCUT2D eigenvalue weighted by Crippen LogP contribution is 2.37. The summed E-state index contributed by atoms with van der Waals surface area (Å²) in [5, 5.41) is 8.20. The van der Waals surface area contributed by atoms with Crippen LogP contribution in [-0.4, -0.2) is 43.2 Å². The summed E-state index contributed by atoms with van der Waals surface area (Å²) < 4.78 is 17.4. The minimum absolute atomic E-state index is 0.103. The minimum Gasteiger partial charge on any atom is -0.493 e. The molecule has 0 fully saturated rings. The number of ether oxygens (including phenoxy) is 3. The zero-order valence-corrected chi connectivity index (χ0v) is 15.0. The molecule has 0 bridgehead atoms. The summed E-state index contributed by atoms with van der Waals surface area (Å²) in [6.07, 6.45) is 1.50. The highest BCUT2D eigenvalue weighted by molar-refractivity contribution is 5.84. The van der Waals surface area contributed by atoms with Crippen LogP contribution in [0, 0.1) is 13.8 Å². The highest BCUT2D eigenvalue weighted by Gasteiger charge is 2.12. The van der Waals surface area contributed by atoms with Crippen LogP contribution in [0.3, 0.4) is 0 Å². The van der Waals surface area contributed by atoms with Crippen LogP contribution < -0.4 is 19.6 Å². The minimum atomic E-state index is -0.269. The SMILES string of the molecule is COc1cc(/C=N\NC(=O)Cn2nc(C)cc2C)cc(OC)c1OC. The van der Waals surface area contributed by atoms with Crippen LogP contribution in [0.15, 0.2) is 23.3 Å². The predicted molar refractivity (Wildman–Crippen MR) is 93.5 cm³/mol. The molecule has 0 aliphatic rings. The van der Waals surface area contributed by atoms with E-state index in [1.165, 1.54) is 27.5 Å². The Bertz CT molecular complexity index is 758. The molecule has 1 heterocycles. The van der Waals surface area contributed by atoms with Gasteiger partial charge in [-0.2, -0.15) is 10.2 Å². The van der Waals surface area contributed by atoms with Gasteiger partial charge in [-0.1, -0.05) is 0 Å². The lowest BCUT2D eigenvalue weighted by atomic mass is 10.2. The van der Waals surface area contributed by atoms with Crippen molar-refractivity contribution in [3.05, 3.63) is 35.2 Å². The topological polar surface area (TPSA) is 87.0 Å². The second kappa shape index (κ2) is 8.18. The number of methoxy groups -OCH3 is 3. The molecule has 134 valence electrons.